The van der Waals surface area contributed by atoms with Crippen molar-refractivity contribution in [2.45, 2.75) is 43.6 Å². The molecule has 0 spiro atoms. The van der Waals surface area contributed by atoms with Gasteiger partial charge in [-0.1, -0.05) is 43.2 Å². The Hall–Kier alpha value is -1.88. The van der Waals surface area contributed by atoms with Crippen LogP contribution in [0.3, 0.4) is 0 Å². The van der Waals surface area contributed by atoms with Crippen LogP contribution in [0.2, 0.25) is 0 Å². The molecule has 1 atom stereocenters. The van der Waals surface area contributed by atoms with Gasteiger partial charge in [-0.3, -0.25) is 9.59 Å². The Morgan fingerprint density at radius 2 is 1.96 bits per heavy atom. The van der Waals surface area contributed by atoms with Crippen molar-refractivity contribution in [3.05, 3.63) is 35.9 Å². The number of nitrogens with one attached hydrogen (secondary N) is 1. The van der Waals surface area contributed by atoms with Crippen molar-refractivity contribution in [3.63, 3.8) is 0 Å². The number of hydrogen-bond donors (Lipinski definition) is 2. The predicted molar refractivity (Wildman–Crippen MR) is 86.8 cm³/mol. The maximum absolute atomic E-state index is 12.3. The number of benzene rings is 1. The summed E-state index contributed by atoms with van der Waals surface area (Å²) in [6, 6.07) is 9.96. The number of hydrogen-bond acceptors (Lipinski definition) is 3. The Morgan fingerprint density at radius 3 is 2.61 bits per heavy atom. The van der Waals surface area contributed by atoms with Gasteiger partial charge < -0.3 is 15.3 Å². The molecule has 23 heavy (non-hydrogen) atoms. The van der Waals surface area contributed by atoms with Crippen LogP contribution in [0.25, 0.3) is 0 Å². The first-order valence-corrected chi connectivity index (χ1v) is 8.36. The van der Waals surface area contributed by atoms with Crippen LogP contribution in [0.5, 0.6) is 0 Å². The summed E-state index contributed by atoms with van der Waals surface area (Å²) in [5.41, 5.74) is 0.671. The van der Waals surface area contributed by atoms with E-state index in [1.807, 2.05) is 30.3 Å². The topological polar surface area (TPSA) is 69.6 Å². The highest BCUT2D eigenvalue weighted by molar-refractivity contribution is 5.87. The van der Waals surface area contributed by atoms with Gasteiger partial charge in [0.25, 0.3) is 0 Å². The first-order chi connectivity index (χ1) is 11.1. The fourth-order valence-electron chi connectivity index (χ4n) is 3.76. The molecule has 1 saturated heterocycles. The maximum atomic E-state index is 12.3. The maximum Gasteiger partial charge on any atom is 0.240 e. The van der Waals surface area contributed by atoms with Gasteiger partial charge in [-0.2, -0.15) is 0 Å². The van der Waals surface area contributed by atoms with Gasteiger partial charge in [0.2, 0.25) is 11.8 Å². The van der Waals surface area contributed by atoms with Gasteiger partial charge in [0.1, 0.15) is 0 Å². The number of amides is 2. The predicted octanol–water partition coefficient (Wildman–Crippen LogP) is 1.42. The summed E-state index contributed by atoms with van der Waals surface area (Å²) in [5, 5.41) is 12.5. The van der Waals surface area contributed by atoms with Crippen LogP contribution in [-0.2, 0) is 9.59 Å². The van der Waals surface area contributed by atoms with E-state index in [2.05, 4.69) is 5.32 Å². The number of aliphatic hydroxyl groups excluding tert-OH is 1. The molecule has 3 rings (SSSR count). The number of carbonyl (C=O) groups is 2. The average Bonchev–Trinajstić information content (AvgIpc) is 3.16. The normalized spacial score (nSPS) is 23.3. The third kappa shape index (κ3) is 3.55. The zero-order valence-electron chi connectivity index (χ0n) is 13.3. The van der Waals surface area contributed by atoms with Crippen molar-refractivity contribution in [2.24, 2.45) is 0 Å². The van der Waals surface area contributed by atoms with Crippen LogP contribution in [0, 0.1) is 0 Å². The summed E-state index contributed by atoms with van der Waals surface area (Å²) >= 11 is 0. The van der Waals surface area contributed by atoms with Crippen molar-refractivity contribution in [2.75, 3.05) is 19.7 Å². The highest BCUT2D eigenvalue weighted by Crippen LogP contribution is 2.30. The smallest absolute Gasteiger partial charge is 0.240 e. The molecule has 0 bridgehead atoms. The summed E-state index contributed by atoms with van der Waals surface area (Å²) in [4.78, 5) is 26.1. The molecule has 2 aliphatic rings. The molecular formula is C18H24N2O3. The van der Waals surface area contributed by atoms with E-state index in [0.717, 1.165) is 31.2 Å². The molecule has 1 aromatic carbocycles. The Labute approximate surface area is 136 Å². The van der Waals surface area contributed by atoms with Gasteiger partial charge in [0.15, 0.2) is 0 Å². The Balaban J connectivity index is 1.58. The second-order valence-corrected chi connectivity index (χ2v) is 6.78. The minimum Gasteiger partial charge on any atom is -0.394 e. The second-order valence-electron chi connectivity index (χ2n) is 6.78. The van der Waals surface area contributed by atoms with Gasteiger partial charge >= 0.3 is 0 Å². The largest absolute Gasteiger partial charge is 0.394 e. The molecule has 0 aromatic heterocycles. The second kappa shape index (κ2) is 6.71. The lowest BCUT2D eigenvalue weighted by Gasteiger charge is -2.29. The molecule has 1 saturated carbocycles. The minimum absolute atomic E-state index is 0.0264. The summed E-state index contributed by atoms with van der Waals surface area (Å²) in [6.07, 6.45) is 4.15. The van der Waals surface area contributed by atoms with Crippen LogP contribution in [0.4, 0.5) is 0 Å². The standard InChI is InChI=1S/C18H24N2O3/c21-13-18(8-4-5-9-18)19-16(22)12-20-11-15(10-17(20)23)14-6-2-1-3-7-14/h1-3,6-7,15,21H,4-5,8-13H2,(H,19,22). The molecule has 124 valence electrons. The van der Waals surface area contributed by atoms with Crippen LogP contribution in [-0.4, -0.2) is 47.1 Å². The Bertz CT molecular complexity index is 567. The fraction of sp³-hybridized carbons (Fsp3) is 0.556. The van der Waals surface area contributed by atoms with Crippen LogP contribution in [0.1, 0.15) is 43.6 Å². The van der Waals surface area contributed by atoms with Gasteiger partial charge in [0, 0.05) is 18.9 Å². The van der Waals surface area contributed by atoms with Crippen molar-refractivity contribution in [1.29, 1.82) is 0 Å². The van der Waals surface area contributed by atoms with E-state index in [1.165, 1.54) is 0 Å². The number of rotatable bonds is 5. The molecule has 1 unspecified atom stereocenters. The highest BCUT2D eigenvalue weighted by atomic mass is 16.3. The summed E-state index contributed by atoms with van der Waals surface area (Å²) in [6.45, 7) is 0.644. The lowest BCUT2D eigenvalue weighted by molar-refractivity contribution is -0.134. The minimum atomic E-state index is -0.474. The number of nitrogens with zero attached hydrogens (tertiary/aromatic N) is 1. The van der Waals surface area contributed by atoms with Crippen LogP contribution >= 0.6 is 0 Å². The molecule has 2 N–H and O–H groups in total. The lowest BCUT2D eigenvalue weighted by Crippen LogP contribution is -2.52. The van der Waals surface area contributed by atoms with Gasteiger partial charge in [-0.05, 0) is 18.4 Å². The molecule has 1 aliphatic heterocycles. The quantitative estimate of drug-likeness (QED) is 0.863. The molecule has 2 amide bonds. The molecule has 5 heteroatoms. The van der Waals surface area contributed by atoms with Gasteiger partial charge in [-0.15, -0.1) is 0 Å². The Kier molecular flexibility index (Phi) is 4.66. The number of likely N-dealkylation sites (tertiary alicyclic amines) is 1. The summed E-state index contributed by atoms with van der Waals surface area (Å²) in [5.74, 6) is 0.0243. The van der Waals surface area contributed by atoms with Crippen molar-refractivity contribution in [1.82, 2.24) is 10.2 Å². The molecule has 2 fully saturated rings. The van der Waals surface area contributed by atoms with Gasteiger partial charge in [0.05, 0.1) is 18.7 Å². The summed E-state index contributed by atoms with van der Waals surface area (Å²) in [7, 11) is 0. The molecule has 1 heterocycles. The highest BCUT2D eigenvalue weighted by Gasteiger charge is 2.36. The zero-order valence-corrected chi connectivity index (χ0v) is 13.3. The Morgan fingerprint density at radius 1 is 1.26 bits per heavy atom. The lowest BCUT2D eigenvalue weighted by atomic mass is 9.98. The first kappa shape index (κ1) is 16.0. The van der Waals surface area contributed by atoms with E-state index >= 15 is 0 Å². The van der Waals surface area contributed by atoms with E-state index in [4.69, 9.17) is 0 Å². The third-order valence-electron chi connectivity index (χ3n) is 5.09. The molecule has 0 radical (unpaired) electrons. The van der Waals surface area contributed by atoms with Crippen molar-refractivity contribution in [3.8, 4) is 0 Å². The zero-order chi connectivity index (χ0) is 16.3. The monoisotopic (exact) mass is 316 g/mol. The van der Waals surface area contributed by atoms with E-state index in [1.54, 1.807) is 4.90 Å². The average molecular weight is 316 g/mol. The third-order valence-corrected chi connectivity index (χ3v) is 5.09. The van der Waals surface area contributed by atoms with E-state index in [-0.39, 0.29) is 30.9 Å². The van der Waals surface area contributed by atoms with E-state index in [0.29, 0.717) is 13.0 Å². The fourth-order valence-corrected chi connectivity index (χ4v) is 3.76. The number of aliphatic hydroxyl groups is 1. The van der Waals surface area contributed by atoms with E-state index in [9.17, 15) is 14.7 Å². The molecule has 5 nitrogen and oxygen atoms in total. The SMILES string of the molecule is O=C(CN1CC(c2ccccc2)CC1=O)NC1(CO)CCCC1. The van der Waals surface area contributed by atoms with Crippen LogP contribution in [0.15, 0.2) is 30.3 Å². The van der Waals surface area contributed by atoms with Crippen molar-refractivity contribution >= 4 is 11.8 Å². The molecular weight excluding hydrogens is 292 g/mol. The van der Waals surface area contributed by atoms with Crippen molar-refractivity contribution < 1.29 is 14.7 Å². The summed E-state index contributed by atoms with van der Waals surface area (Å²) < 4.78 is 0. The number of carbonyl (C=O) groups excluding carboxylic acids is 2. The van der Waals surface area contributed by atoms with E-state index < -0.39 is 5.54 Å². The first-order valence-electron chi connectivity index (χ1n) is 8.36. The van der Waals surface area contributed by atoms with Gasteiger partial charge in [-0.25, -0.2) is 0 Å². The molecule has 1 aromatic rings. The molecule has 1 aliphatic carbocycles. The van der Waals surface area contributed by atoms with Crippen LogP contribution < -0.4 is 5.32 Å².